The molecule has 94 valence electrons. The van der Waals surface area contributed by atoms with Crippen LogP contribution in [0.5, 0.6) is 0 Å². The van der Waals surface area contributed by atoms with Gasteiger partial charge in [-0.25, -0.2) is 0 Å². The molecule has 0 saturated heterocycles. The number of carbonyl (C=O) groups is 1. The number of aromatic amines is 1. The summed E-state index contributed by atoms with van der Waals surface area (Å²) in [4.78, 5) is 11.7. The van der Waals surface area contributed by atoms with Gasteiger partial charge in [0.05, 0.1) is 6.20 Å². The smallest absolute Gasteiger partial charge is 0.277 e. The summed E-state index contributed by atoms with van der Waals surface area (Å²) in [7, 11) is 0. The maximum absolute atomic E-state index is 11.7. The van der Waals surface area contributed by atoms with Gasteiger partial charge in [0.25, 0.3) is 5.91 Å². The number of carbonyl (C=O) groups excluding carboxylic acids is 1. The third-order valence-corrected chi connectivity index (χ3v) is 3.00. The van der Waals surface area contributed by atoms with E-state index in [4.69, 9.17) is 0 Å². The fraction of sp³-hybridized carbons (Fsp3) is 0.308. The molecule has 0 fully saturated rings. The van der Waals surface area contributed by atoms with Crippen molar-refractivity contribution >= 4 is 11.6 Å². The average Bonchev–Trinajstić information content (AvgIpc) is 2.92. The van der Waals surface area contributed by atoms with Gasteiger partial charge in [0.2, 0.25) is 0 Å². The number of anilines is 1. The van der Waals surface area contributed by atoms with E-state index >= 15 is 0 Å². The standard InChI is InChI=1S/C13H16N4O/c1-3-9(2)10-4-6-11(7-5-10)15-13(18)12-8-14-17-16-12/h4-9H,3H2,1-2H3,(H,15,18)(H,14,16,17). The minimum absolute atomic E-state index is 0.264. The van der Waals surface area contributed by atoms with E-state index in [1.54, 1.807) is 0 Å². The van der Waals surface area contributed by atoms with Crippen LogP contribution in [0.1, 0.15) is 42.2 Å². The van der Waals surface area contributed by atoms with Gasteiger partial charge < -0.3 is 5.32 Å². The minimum atomic E-state index is -0.264. The summed E-state index contributed by atoms with van der Waals surface area (Å²) >= 11 is 0. The third kappa shape index (κ3) is 2.74. The van der Waals surface area contributed by atoms with Crippen molar-refractivity contribution in [3.8, 4) is 0 Å². The molecule has 0 spiro atoms. The lowest BCUT2D eigenvalue weighted by Gasteiger charge is -2.10. The maximum Gasteiger partial charge on any atom is 0.277 e. The van der Waals surface area contributed by atoms with E-state index in [2.05, 4.69) is 34.6 Å². The van der Waals surface area contributed by atoms with E-state index in [0.29, 0.717) is 5.92 Å². The summed E-state index contributed by atoms with van der Waals surface area (Å²) in [5.41, 5.74) is 2.31. The minimum Gasteiger partial charge on any atom is -0.321 e. The Morgan fingerprint density at radius 1 is 1.39 bits per heavy atom. The van der Waals surface area contributed by atoms with Crippen LogP contribution >= 0.6 is 0 Å². The van der Waals surface area contributed by atoms with Crippen LogP contribution in [0.3, 0.4) is 0 Å². The summed E-state index contributed by atoms with van der Waals surface area (Å²) < 4.78 is 0. The van der Waals surface area contributed by atoms with Crippen LogP contribution in [0, 0.1) is 0 Å². The largest absolute Gasteiger partial charge is 0.321 e. The van der Waals surface area contributed by atoms with Gasteiger partial charge in [0, 0.05) is 5.69 Å². The third-order valence-electron chi connectivity index (χ3n) is 3.00. The highest BCUT2D eigenvalue weighted by molar-refractivity contribution is 6.02. The first-order chi connectivity index (χ1) is 8.70. The lowest BCUT2D eigenvalue weighted by molar-refractivity contribution is 0.102. The predicted octanol–water partition coefficient (Wildman–Crippen LogP) is 2.57. The van der Waals surface area contributed by atoms with E-state index in [1.807, 2.05) is 24.3 Å². The first-order valence-corrected chi connectivity index (χ1v) is 5.97. The van der Waals surface area contributed by atoms with Crippen molar-refractivity contribution in [2.24, 2.45) is 0 Å². The lowest BCUT2D eigenvalue weighted by atomic mass is 9.99. The molecule has 5 nitrogen and oxygen atoms in total. The molecule has 1 amide bonds. The number of hydrogen-bond donors (Lipinski definition) is 2. The molecule has 1 unspecified atom stereocenters. The first-order valence-electron chi connectivity index (χ1n) is 5.97. The van der Waals surface area contributed by atoms with Gasteiger partial charge in [-0.2, -0.15) is 15.4 Å². The Morgan fingerprint density at radius 3 is 2.67 bits per heavy atom. The van der Waals surface area contributed by atoms with Crippen molar-refractivity contribution in [3.63, 3.8) is 0 Å². The quantitative estimate of drug-likeness (QED) is 0.868. The number of H-pyrrole nitrogens is 1. The maximum atomic E-state index is 11.7. The number of benzene rings is 1. The van der Waals surface area contributed by atoms with E-state index in [9.17, 15) is 4.79 Å². The van der Waals surface area contributed by atoms with Crippen molar-refractivity contribution in [3.05, 3.63) is 41.7 Å². The zero-order valence-electron chi connectivity index (χ0n) is 10.5. The monoisotopic (exact) mass is 244 g/mol. The molecule has 5 heteroatoms. The van der Waals surface area contributed by atoms with Gasteiger partial charge >= 0.3 is 0 Å². The molecule has 2 N–H and O–H groups in total. The highest BCUT2D eigenvalue weighted by atomic mass is 16.2. The number of nitrogens with one attached hydrogen (secondary N) is 2. The molecule has 0 saturated carbocycles. The Kier molecular flexibility index (Phi) is 3.72. The fourth-order valence-electron chi connectivity index (χ4n) is 1.64. The fourth-order valence-corrected chi connectivity index (χ4v) is 1.64. The van der Waals surface area contributed by atoms with E-state index in [-0.39, 0.29) is 11.6 Å². The van der Waals surface area contributed by atoms with Crippen molar-refractivity contribution in [1.82, 2.24) is 15.4 Å². The Hall–Kier alpha value is -2.17. The lowest BCUT2D eigenvalue weighted by Crippen LogP contribution is -2.12. The van der Waals surface area contributed by atoms with Crippen LogP contribution in [0.25, 0.3) is 0 Å². The Labute approximate surface area is 106 Å². The van der Waals surface area contributed by atoms with Gasteiger partial charge in [-0.3, -0.25) is 4.79 Å². The molecule has 1 aromatic heterocycles. The van der Waals surface area contributed by atoms with Crippen LogP contribution in [0.2, 0.25) is 0 Å². The number of aromatic nitrogens is 3. The molecule has 18 heavy (non-hydrogen) atoms. The first kappa shape index (κ1) is 12.3. The average molecular weight is 244 g/mol. The number of rotatable bonds is 4. The van der Waals surface area contributed by atoms with E-state index in [0.717, 1.165) is 12.1 Å². The molecular weight excluding hydrogens is 228 g/mol. The molecule has 1 heterocycles. The van der Waals surface area contributed by atoms with Crippen molar-refractivity contribution < 1.29 is 4.79 Å². The van der Waals surface area contributed by atoms with Crippen molar-refractivity contribution in [2.45, 2.75) is 26.2 Å². The second-order valence-corrected chi connectivity index (χ2v) is 4.24. The molecule has 0 aliphatic rings. The van der Waals surface area contributed by atoms with E-state index < -0.39 is 0 Å². The summed E-state index contributed by atoms with van der Waals surface area (Å²) in [6.45, 7) is 4.34. The molecule has 2 rings (SSSR count). The molecule has 0 bridgehead atoms. The zero-order chi connectivity index (χ0) is 13.0. The summed E-state index contributed by atoms with van der Waals surface area (Å²) in [6, 6.07) is 7.87. The Balaban J connectivity index is 2.04. The second kappa shape index (κ2) is 5.44. The second-order valence-electron chi connectivity index (χ2n) is 4.24. The number of amides is 1. The molecule has 0 aliphatic carbocycles. The SMILES string of the molecule is CCC(C)c1ccc(NC(=O)c2cn[nH]n2)cc1. The van der Waals surface area contributed by atoms with Crippen LogP contribution in [0.4, 0.5) is 5.69 Å². The van der Waals surface area contributed by atoms with Gasteiger partial charge in [-0.1, -0.05) is 26.0 Å². The highest BCUT2D eigenvalue weighted by Gasteiger charge is 2.09. The van der Waals surface area contributed by atoms with Crippen LogP contribution in [-0.2, 0) is 0 Å². The number of hydrogen-bond acceptors (Lipinski definition) is 3. The molecule has 1 aromatic carbocycles. The molecule has 0 radical (unpaired) electrons. The van der Waals surface area contributed by atoms with Gasteiger partial charge in [0.15, 0.2) is 5.69 Å². The van der Waals surface area contributed by atoms with Gasteiger partial charge in [0.1, 0.15) is 0 Å². The topological polar surface area (TPSA) is 70.7 Å². The molecule has 2 aromatic rings. The molecule has 0 aliphatic heterocycles. The predicted molar refractivity (Wildman–Crippen MR) is 69.5 cm³/mol. The summed E-state index contributed by atoms with van der Waals surface area (Å²) in [5, 5.41) is 12.5. The summed E-state index contributed by atoms with van der Waals surface area (Å²) in [5.74, 6) is 0.269. The van der Waals surface area contributed by atoms with Gasteiger partial charge in [-0.05, 0) is 30.0 Å². The van der Waals surface area contributed by atoms with Crippen LogP contribution < -0.4 is 5.32 Å². The Morgan fingerprint density at radius 2 is 2.11 bits per heavy atom. The normalized spacial score (nSPS) is 12.1. The zero-order valence-corrected chi connectivity index (χ0v) is 10.5. The number of nitrogens with zero attached hydrogens (tertiary/aromatic N) is 2. The van der Waals surface area contributed by atoms with Crippen LogP contribution in [-0.4, -0.2) is 21.3 Å². The Bertz CT molecular complexity index is 504. The van der Waals surface area contributed by atoms with Gasteiger partial charge in [-0.15, -0.1) is 0 Å². The van der Waals surface area contributed by atoms with Crippen molar-refractivity contribution in [1.29, 1.82) is 0 Å². The van der Waals surface area contributed by atoms with E-state index in [1.165, 1.54) is 11.8 Å². The van der Waals surface area contributed by atoms with Crippen molar-refractivity contribution in [2.75, 3.05) is 5.32 Å². The summed E-state index contributed by atoms with van der Waals surface area (Å²) in [6.07, 6.45) is 2.49. The molecular formula is C13H16N4O. The molecule has 1 atom stereocenters. The highest BCUT2D eigenvalue weighted by Crippen LogP contribution is 2.20. The van der Waals surface area contributed by atoms with Crippen LogP contribution in [0.15, 0.2) is 30.5 Å².